The summed E-state index contributed by atoms with van der Waals surface area (Å²) in [7, 11) is 0. The molecule has 0 atom stereocenters. The molecule has 0 N–H and O–H groups in total. The van der Waals surface area contributed by atoms with E-state index in [0.717, 1.165) is 74.6 Å². The zero-order chi connectivity index (χ0) is 29.7. The van der Waals surface area contributed by atoms with Gasteiger partial charge in [-0.3, -0.25) is 0 Å². The van der Waals surface area contributed by atoms with Crippen molar-refractivity contribution in [3.8, 4) is 0 Å². The van der Waals surface area contributed by atoms with E-state index in [4.69, 9.17) is 19.9 Å². The van der Waals surface area contributed by atoms with Crippen LogP contribution in [-0.2, 0) is 32.6 Å². The summed E-state index contributed by atoms with van der Waals surface area (Å²) < 4.78 is 2.48. The summed E-state index contributed by atoms with van der Waals surface area (Å²) in [6, 6.07) is 8.46. The molecule has 2 aromatic heterocycles. The molecule has 4 aromatic rings. The second kappa shape index (κ2) is 8.42. The van der Waals surface area contributed by atoms with Crippen LogP contribution >= 0.6 is 47.0 Å². The first-order chi connectivity index (χ1) is 19.6. The van der Waals surface area contributed by atoms with E-state index < -0.39 is 22.2 Å². The number of rotatable bonds is 0. The SMILES string of the molecule is CC1(C)c2nc3cc4c(cc3nc2C(C)(C)N1[O])SC(=C1Sc2cc3nc5c(nc3cc2S1)C(C)(C)N([O])C5(C)C)S4. The Bertz CT molecular complexity index is 1680. The van der Waals surface area contributed by atoms with Crippen molar-refractivity contribution in [1.29, 1.82) is 0 Å². The van der Waals surface area contributed by atoms with Crippen molar-refractivity contribution in [2.75, 3.05) is 0 Å². The number of thioether (sulfide) groups is 4. The molecule has 2 aromatic carbocycles. The van der Waals surface area contributed by atoms with E-state index in [1.165, 1.54) is 8.47 Å². The Morgan fingerprint density at radius 1 is 0.452 bits per heavy atom. The van der Waals surface area contributed by atoms with Crippen molar-refractivity contribution < 1.29 is 10.4 Å². The highest BCUT2D eigenvalue weighted by atomic mass is 32.2. The molecule has 0 saturated heterocycles. The Kier molecular flexibility index (Phi) is 5.54. The van der Waals surface area contributed by atoms with Crippen molar-refractivity contribution in [3.05, 3.63) is 55.5 Å². The molecule has 12 heteroatoms. The van der Waals surface area contributed by atoms with Crippen molar-refractivity contribution >= 4 is 69.1 Å². The summed E-state index contributed by atoms with van der Waals surface area (Å²) in [5.41, 5.74) is 3.39. The third-order valence-corrected chi connectivity index (χ3v) is 14.3. The van der Waals surface area contributed by atoms with Gasteiger partial charge in [0, 0.05) is 19.6 Å². The number of hydroxylamine groups is 4. The third kappa shape index (κ3) is 3.52. The van der Waals surface area contributed by atoms with Gasteiger partial charge in [-0.1, -0.05) is 47.0 Å². The van der Waals surface area contributed by atoms with Gasteiger partial charge in [0.25, 0.3) is 0 Å². The van der Waals surface area contributed by atoms with Crippen LogP contribution in [-0.4, -0.2) is 30.1 Å². The first-order valence-corrected chi connectivity index (χ1v) is 17.0. The van der Waals surface area contributed by atoms with Gasteiger partial charge < -0.3 is 0 Å². The number of benzene rings is 2. The van der Waals surface area contributed by atoms with Crippen molar-refractivity contribution in [3.63, 3.8) is 0 Å². The Balaban J connectivity index is 1.15. The number of nitrogens with zero attached hydrogens (tertiary/aromatic N) is 6. The van der Waals surface area contributed by atoms with Gasteiger partial charge in [0.2, 0.25) is 0 Å². The van der Waals surface area contributed by atoms with Crippen LogP contribution in [0, 0.1) is 0 Å². The topological polar surface area (TPSA) is 97.8 Å². The minimum Gasteiger partial charge on any atom is -0.247 e. The lowest BCUT2D eigenvalue weighted by Gasteiger charge is -2.31. The van der Waals surface area contributed by atoms with Crippen LogP contribution in [0.15, 0.2) is 52.3 Å². The van der Waals surface area contributed by atoms with E-state index in [-0.39, 0.29) is 0 Å². The van der Waals surface area contributed by atoms with E-state index in [0.29, 0.717) is 0 Å². The normalized spacial score (nSPS) is 23.1. The quantitative estimate of drug-likeness (QED) is 0.189. The molecule has 6 heterocycles. The van der Waals surface area contributed by atoms with Crippen LogP contribution in [0.3, 0.4) is 0 Å². The zero-order valence-electron chi connectivity index (χ0n) is 24.4. The average molecular weight is 633 g/mol. The predicted molar refractivity (Wildman–Crippen MR) is 167 cm³/mol. The molecular formula is C30H28N6O2S4. The van der Waals surface area contributed by atoms with Crippen molar-refractivity contribution in [1.82, 2.24) is 30.1 Å². The fourth-order valence-electron chi connectivity index (χ4n) is 6.54. The smallest absolute Gasteiger partial charge is 0.0903 e. The molecule has 214 valence electrons. The van der Waals surface area contributed by atoms with Gasteiger partial charge in [-0.25, -0.2) is 19.9 Å². The number of fused-ring (bicyclic) bond motifs is 6. The van der Waals surface area contributed by atoms with Gasteiger partial charge in [0.15, 0.2) is 0 Å². The molecule has 42 heavy (non-hydrogen) atoms. The molecule has 0 bridgehead atoms. The van der Waals surface area contributed by atoms with E-state index in [1.807, 2.05) is 55.4 Å². The number of hydrogen-bond donors (Lipinski definition) is 0. The largest absolute Gasteiger partial charge is 0.247 e. The lowest BCUT2D eigenvalue weighted by molar-refractivity contribution is -0.267. The number of hydrogen-bond acceptors (Lipinski definition) is 10. The Morgan fingerprint density at radius 2 is 0.667 bits per heavy atom. The van der Waals surface area contributed by atoms with Crippen LogP contribution < -0.4 is 0 Å². The maximum atomic E-state index is 13.1. The summed E-state index contributed by atoms with van der Waals surface area (Å²) in [4.78, 5) is 24.6. The highest BCUT2D eigenvalue weighted by Gasteiger charge is 2.54. The van der Waals surface area contributed by atoms with Crippen LogP contribution in [0.5, 0.6) is 0 Å². The molecule has 8 rings (SSSR count). The molecule has 4 aliphatic rings. The van der Waals surface area contributed by atoms with E-state index in [9.17, 15) is 10.4 Å². The molecule has 0 spiro atoms. The molecule has 0 amide bonds. The maximum absolute atomic E-state index is 13.1. The predicted octanol–water partition coefficient (Wildman–Crippen LogP) is 8.06. The first-order valence-electron chi connectivity index (χ1n) is 13.7. The zero-order valence-corrected chi connectivity index (χ0v) is 27.7. The fourth-order valence-corrected chi connectivity index (χ4v) is 11.9. The minimum atomic E-state index is -0.732. The van der Waals surface area contributed by atoms with Gasteiger partial charge in [-0.15, -0.1) is 20.5 Å². The van der Waals surface area contributed by atoms with E-state index in [1.54, 1.807) is 47.0 Å². The van der Waals surface area contributed by atoms with Gasteiger partial charge >= 0.3 is 0 Å². The molecule has 2 radical (unpaired) electrons. The Labute approximate surface area is 261 Å². The molecule has 0 aliphatic carbocycles. The molecule has 0 fully saturated rings. The van der Waals surface area contributed by atoms with Crippen molar-refractivity contribution in [2.24, 2.45) is 0 Å². The van der Waals surface area contributed by atoms with Gasteiger partial charge in [-0.05, 0) is 79.7 Å². The van der Waals surface area contributed by atoms with Crippen LogP contribution in [0.25, 0.3) is 22.1 Å². The lowest BCUT2D eigenvalue weighted by Crippen LogP contribution is -2.41. The summed E-state index contributed by atoms with van der Waals surface area (Å²) in [6.07, 6.45) is 0. The van der Waals surface area contributed by atoms with E-state index >= 15 is 0 Å². The summed E-state index contributed by atoms with van der Waals surface area (Å²) in [5, 5.41) is 28.4. The minimum absolute atomic E-state index is 0.732. The monoisotopic (exact) mass is 632 g/mol. The third-order valence-electron chi connectivity index (χ3n) is 8.79. The fraction of sp³-hybridized carbons (Fsp3) is 0.400. The van der Waals surface area contributed by atoms with Crippen LogP contribution in [0.4, 0.5) is 0 Å². The molecule has 4 aliphatic heterocycles. The van der Waals surface area contributed by atoms with Gasteiger partial charge in [0.05, 0.1) is 75.5 Å². The first kappa shape index (κ1) is 27.6. The van der Waals surface area contributed by atoms with Gasteiger partial charge in [-0.2, -0.15) is 0 Å². The van der Waals surface area contributed by atoms with Crippen LogP contribution in [0.1, 0.15) is 78.2 Å². The van der Waals surface area contributed by atoms with Gasteiger partial charge in [0.1, 0.15) is 0 Å². The Morgan fingerprint density at radius 3 is 0.881 bits per heavy atom. The lowest BCUT2D eigenvalue weighted by atomic mass is 10.00. The maximum Gasteiger partial charge on any atom is 0.0903 e. The van der Waals surface area contributed by atoms with E-state index in [2.05, 4.69) is 24.3 Å². The average Bonchev–Trinajstić information content (AvgIpc) is 3.60. The number of aromatic nitrogens is 4. The standard InChI is InChI=1S/C30H28N6O2S4/c1-27(2)21-22(28(3,4)35(27)37)32-14-10-18-17(9-13(14)31-21)39-25(40-18)26-41-19-11-15-16(12-20(19)42-26)34-24-23(33-15)29(5,6)36(38)30(24,7)8/h9-12H,1-8H3. The van der Waals surface area contributed by atoms with Crippen LogP contribution in [0.2, 0.25) is 0 Å². The summed E-state index contributed by atoms with van der Waals surface area (Å²) in [6.45, 7) is 15.4. The molecule has 0 unspecified atom stereocenters. The Hall–Kier alpha value is -1.90. The summed E-state index contributed by atoms with van der Waals surface area (Å²) in [5.74, 6) is 0. The highest BCUT2D eigenvalue weighted by Crippen LogP contribution is 2.62. The second-order valence-electron chi connectivity index (χ2n) is 13.2. The molecule has 8 nitrogen and oxygen atoms in total. The molecule has 0 saturated carbocycles. The second-order valence-corrected chi connectivity index (χ2v) is 18.0. The summed E-state index contributed by atoms with van der Waals surface area (Å²) >= 11 is 7.05. The molecular weight excluding hydrogens is 605 g/mol. The van der Waals surface area contributed by atoms with Crippen molar-refractivity contribution in [2.45, 2.75) is 97.1 Å². The highest BCUT2D eigenvalue weighted by molar-refractivity contribution is 8.30.